The van der Waals surface area contributed by atoms with E-state index in [0.717, 1.165) is 22.5 Å². The van der Waals surface area contributed by atoms with Gasteiger partial charge in [-0.1, -0.05) is 18.2 Å². The number of hydrogen-bond donors (Lipinski definition) is 1. The van der Waals surface area contributed by atoms with Gasteiger partial charge in [0.25, 0.3) is 0 Å². The van der Waals surface area contributed by atoms with Crippen LogP contribution in [-0.2, 0) is 21.2 Å². The summed E-state index contributed by atoms with van der Waals surface area (Å²) in [5.41, 5.74) is -1.51. The molecule has 0 atom stereocenters. The fourth-order valence-electron chi connectivity index (χ4n) is 2.25. The van der Waals surface area contributed by atoms with Crippen LogP contribution in [0.4, 0.5) is 28.9 Å². The third kappa shape index (κ3) is 4.98. The number of amides is 1. The minimum Gasteiger partial charge on any atom is -0.325 e. The first-order valence-corrected chi connectivity index (χ1v) is 9.24. The van der Waals surface area contributed by atoms with Crippen molar-refractivity contribution in [2.75, 3.05) is 30.3 Å². The highest BCUT2D eigenvalue weighted by Crippen LogP contribution is 2.30. The Morgan fingerprint density at radius 2 is 1.71 bits per heavy atom. The molecular weight excluding hydrogens is 402 g/mol. The fourth-order valence-corrected chi connectivity index (χ4v) is 3.32. The number of nitrogens with zero attached hydrogens (tertiary/aromatic N) is 2. The number of alkyl halides is 3. The van der Waals surface area contributed by atoms with Gasteiger partial charge in [-0.3, -0.25) is 4.79 Å². The molecule has 0 aliphatic carbocycles. The second-order valence-corrected chi connectivity index (χ2v) is 7.94. The van der Waals surface area contributed by atoms with Crippen molar-refractivity contribution in [2.24, 2.45) is 0 Å². The summed E-state index contributed by atoms with van der Waals surface area (Å²) in [5, 5.41) is 2.20. The van der Waals surface area contributed by atoms with Gasteiger partial charge in [-0.2, -0.15) is 25.9 Å². The van der Waals surface area contributed by atoms with Crippen LogP contribution in [0, 0.1) is 5.82 Å². The summed E-state index contributed by atoms with van der Waals surface area (Å²) in [6, 6.07) is 8.81. The molecule has 0 aromatic heterocycles. The van der Waals surface area contributed by atoms with Crippen LogP contribution in [0.1, 0.15) is 5.56 Å². The van der Waals surface area contributed by atoms with E-state index in [-0.39, 0.29) is 11.4 Å². The third-order valence-electron chi connectivity index (χ3n) is 3.62. The summed E-state index contributed by atoms with van der Waals surface area (Å²) in [5.74, 6) is -1.81. The smallest absolute Gasteiger partial charge is 0.325 e. The summed E-state index contributed by atoms with van der Waals surface area (Å²) >= 11 is 0. The van der Waals surface area contributed by atoms with Crippen molar-refractivity contribution in [3.8, 4) is 0 Å². The van der Waals surface area contributed by atoms with E-state index in [0.29, 0.717) is 10.4 Å². The van der Waals surface area contributed by atoms with E-state index < -0.39 is 40.2 Å². The zero-order valence-electron chi connectivity index (χ0n) is 14.9. The first-order valence-electron chi connectivity index (χ1n) is 7.85. The molecule has 152 valence electrons. The number of para-hydroxylation sites is 1. The van der Waals surface area contributed by atoms with Crippen molar-refractivity contribution in [1.82, 2.24) is 4.31 Å². The monoisotopic (exact) mass is 419 g/mol. The van der Waals surface area contributed by atoms with E-state index >= 15 is 0 Å². The summed E-state index contributed by atoms with van der Waals surface area (Å²) in [7, 11) is -1.84. The van der Waals surface area contributed by atoms with Gasteiger partial charge in [0.1, 0.15) is 12.4 Å². The van der Waals surface area contributed by atoms with Crippen LogP contribution in [0.25, 0.3) is 0 Å². The molecule has 0 spiro atoms. The molecule has 0 fully saturated rings. The van der Waals surface area contributed by atoms with Gasteiger partial charge in [0.05, 0.1) is 11.3 Å². The average molecular weight is 419 g/mol. The van der Waals surface area contributed by atoms with Gasteiger partial charge in [0, 0.05) is 19.8 Å². The molecule has 28 heavy (non-hydrogen) atoms. The standard InChI is InChI=1S/C17H17F4N3O3S/c1-23(2)28(26,27)24(15-9-4-3-8-14(15)18)11-16(25)22-13-7-5-6-12(10-13)17(19,20)21/h3-10H,11H2,1-2H3,(H,22,25). The summed E-state index contributed by atoms with van der Waals surface area (Å²) in [6.07, 6.45) is -4.60. The predicted molar refractivity (Wildman–Crippen MR) is 96.4 cm³/mol. The van der Waals surface area contributed by atoms with Gasteiger partial charge < -0.3 is 5.32 Å². The topological polar surface area (TPSA) is 69.7 Å². The normalized spacial score (nSPS) is 12.1. The van der Waals surface area contributed by atoms with Crippen molar-refractivity contribution < 1.29 is 30.8 Å². The van der Waals surface area contributed by atoms with Crippen molar-refractivity contribution in [3.05, 3.63) is 59.9 Å². The molecule has 2 aromatic rings. The first-order chi connectivity index (χ1) is 12.9. The zero-order valence-corrected chi connectivity index (χ0v) is 15.7. The molecule has 1 amide bonds. The number of hydrogen-bond acceptors (Lipinski definition) is 3. The predicted octanol–water partition coefficient (Wildman–Crippen LogP) is 3.10. The van der Waals surface area contributed by atoms with E-state index in [1.807, 2.05) is 0 Å². The highest BCUT2D eigenvalue weighted by Gasteiger charge is 2.31. The van der Waals surface area contributed by atoms with Crippen LogP contribution in [0.15, 0.2) is 48.5 Å². The quantitative estimate of drug-likeness (QED) is 0.732. The molecule has 2 rings (SSSR count). The lowest BCUT2D eigenvalue weighted by atomic mass is 10.2. The van der Waals surface area contributed by atoms with E-state index in [1.54, 1.807) is 0 Å². The van der Waals surface area contributed by atoms with Gasteiger partial charge >= 0.3 is 16.4 Å². The van der Waals surface area contributed by atoms with E-state index in [4.69, 9.17) is 0 Å². The summed E-state index contributed by atoms with van der Waals surface area (Å²) < 4.78 is 78.8. The van der Waals surface area contributed by atoms with Crippen LogP contribution in [-0.4, -0.2) is 39.3 Å². The number of carbonyl (C=O) groups excluding carboxylic acids is 1. The van der Waals surface area contributed by atoms with Crippen molar-refractivity contribution >= 4 is 27.5 Å². The number of anilines is 2. The lowest BCUT2D eigenvalue weighted by Gasteiger charge is -2.27. The molecule has 6 nitrogen and oxygen atoms in total. The van der Waals surface area contributed by atoms with E-state index in [1.165, 1.54) is 38.4 Å². The van der Waals surface area contributed by atoms with E-state index in [2.05, 4.69) is 5.32 Å². The molecule has 2 aromatic carbocycles. The van der Waals surface area contributed by atoms with Crippen LogP contribution < -0.4 is 9.62 Å². The summed E-state index contributed by atoms with van der Waals surface area (Å²) in [6.45, 7) is -0.836. The molecule has 1 N–H and O–H groups in total. The maximum Gasteiger partial charge on any atom is 0.416 e. The van der Waals surface area contributed by atoms with Crippen LogP contribution in [0.3, 0.4) is 0 Å². The van der Waals surface area contributed by atoms with Gasteiger partial charge in [0.2, 0.25) is 5.91 Å². The Morgan fingerprint density at radius 3 is 2.29 bits per heavy atom. The Hall–Kier alpha value is -2.66. The first kappa shape index (κ1) is 21.6. The Morgan fingerprint density at radius 1 is 1.07 bits per heavy atom. The fraction of sp³-hybridized carbons (Fsp3) is 0.235. The number of benzene rings is 2. The van der Waals surface area contributed by atoms with Crippen molar-refractivity contribution in [3.63, 3.8) is 0 Å². The Bertz CT molecular complexity index is 962. The molecule has 0 saturated carbocycles. The van der Waals surface area contributed by atoms with Crippen LogP contribution in [0.5, 0.6) is 0 Å². The number of halogens is 4. The molecule has 0 aliphatic rings. The second kappa shape index (κ2) is 8.15. The van der Waals surface area contributed by atoms with E-state index in [9.17, 15) is 30.8 Å². The van der Waals surface area contributed by atoms with Gasteiger partial charge in [-0.05, 0) is 30.3 Å². The van der Waals surface area contributed by atoms with Crippen molar-refractivity contribution in [2.45, 2.75) is 6.18 Å². The van der Waals surface area contributed by atoms with Gasteiger partial charge in [-0.25, -0.2) is 8.70 Å². The van der Waals surface area contributed by atoms with Crippen LogP contribution in [0.2, 0.25) is 0 Å². The zero-order chi connectivity index (χ0) is 21.1. The minimum absolute atomic E-state index is 0.171. The molecule has 11 heteroatoms. The number of rotatable bonds is 6. The average Bonchev–Trinajstić information content (AvgIpc) is 2.59. The SMILES string of the molecule is CN(C)S(=O)(=O)N(CC(=O)Nc1cccc(C(F)(F)F)c1)c1ccccc1F. The molecule has 0 saturated heterocycles. The highest BCUT2D eigenvalue weighted by atomic mass is 32.2. The van der Waals surface area contributed by atoms with Gasteiger partial charge in [0.15, 0.2) is 0 Å². The molecule has 0 radical (unpaired) electrons. The second-order valence-electron chi connectivity index (χ2n) is 5.87. The summed E-state index contributed by atoms with van der Waals surface area (Å²) in [4.78, 5) is 12.3. The van der Waals surface area contributed by atoms with Crippen LogP contribution >= 0.6 is 0 Å². The lowest BCUT2D eigenvalue weighted by Crippen LogP contribution is -2.44. The largest absolute Gasteiger partial charge is 0.416 e. The minimum atomic E-state index is -4.60. The maximum atomic E-state index is 14.1. The Balaban J connectivity index is 2.30. The highest BCUT2D eigenvalue weighted by molar-refractivity contribution is 7.90. The van der Waals surface area contributed by atoms with Crippen molar-refractivity contribution in [1.29, 1.82) is 0 Å². The molecule has 0 heterocycles. The number of carbonyl (C=O) groups is 1. The maximum absolute atomic E-state index is 14.1. The van der Waals surface area contributed by atoms with Gasteiger partial charge in [-0.15, -0.1) is 0 Å². The lowest BCUT2D eigenvalue weighted by molar-refractivity contribution is -0.137. The molecule has 0 unspecified atom stereocenters. The Kier molecular flexibility index (Phi) is 6.30. The molecule has 0 bridgehead atoms. The third-order valence-corrected chi connectivity index (χ3v) is 5.43. The Labute approximate surface area is 159 Å². The molecule has 0 aliphatic heterocycles. The number of nitrogens with one attached hydrogen (secondary N) is 1. The molecular formula is C17H17F4N3O3S.